The fraction of sp³-hybridized carbons (Fsp3) is 0.500. The average Bonchev–Trinajstić information content (AvgIpc) is 3.54. The van der Waals surface area contributed by atoms with Crippen LogP contribution in [0.25, 0.3) is 0 Å². The van der Waals surface area contributed by atoms with Crippen molar-refractivity contribution in [3.05, 3.63) is 35.2 Å². The minimum absolute atomic E-state index is 0.0674. The Bertz CT molecular complexity index is 1300. The Morgan fingerprint density at radius 3 is 2.63 bits per heavy atom. The maximum atomic E-state index is 15.3. The molecule has 3 heterocycles. The molecule has 1 aliphatic carbocycles. The van der Waals surface area contributed by atoms with Gasteiger partial charge in [-0.2, -0.15) is 8.78 Å². The van der Waals surface area contributed by atoms with Gasteiger partial charge in [0.25, 0.3) is 5.91 Å². The van der Waals surface area contributed by atoms with Crippen molar-refractivity contribution in [2.75, 3.05) is 49.1 Å². The summed E-state index contributed by atoms with van der Waals surface area (Å²) in [6.07, 6.45) is -3.31. The number of guanidine groups is 1. The highest BCUT2D eigenvalue weighted by molar-refractivity contribution is 5.97. The number of halogens is 4. The third-order valence-corrected chi connectivity index (χ3v) is 7.34. The summed E-state index contributed by atoms with van der Waals surface area (Å²) in [4.78, 5) is 43.2. The van der Waals surface area contributed by atoms with Crippen molar-refractivity contribution >= 4 is 35.4 Å². The highest BCUT2D eigenvalue weighted by atomic mass is 19.3. The molecule has 13 nitrogen and oxygen atoms in total. The molecule has 3 aliphatic heterocycles. The summed E-state index contributed by atoms with van der Waals surface area (Å²) in [6, 6.07) is 0.602. The minimum Gasteiger partial charge on any atom is -0.438 e. The predicted octanol–water partition coefficient (Wildman–Crippen LogP) is 0.690. The normalized spacial score (nSPS) is 24.2. The van der Waals surface area contributed by atoms with Crippen molar-refractivity contribution in [2.45, 2.75) is 37.8 Å². The summed E-state index contributed by atoms with van der Waals surface area (Å²) in [7, 11) is 0. The van der Waals surface area contributed by atoms with E-state index in [0.29, 0.717) is 18.8 Å². The lowest BCUT2D eigenvalue weighted by molar-refractivity contribution is -0.132. The lowest BCUT2D eigenvalue weighted by atomic mass is 10.2. The van der Waals surface area contributed by atoms with Crippen LogP contribution in [0.2, 0.25) is 0 Å². The Kier molecular flexibility index (Phi) is 7.54. The number of ether oxygens (including phenoxy) is 1. The quantitative estimate of drug-likeness (QED) is 0.317. The highest BCUT2D eigenvalue weighted by Crippen LogP contribution is 2.46. The fourth-order valence-corrected chi connectivity index (χ4v) is 4.98. The third kappa shape index (κ3) is 5.66. The van der Waals surface area contributed by atoms with Gasteiger partial charge in [-0.1, -0.05) is 6.92 Å². The number of hydrogen-bond acceptors (Lipinski definition) is 9. The van der Waals surface area contributed by atoms with Crippen molar-refractivity contribution in [2.24, 2.45) is 10.7 Å². The van der Waals surface area contributed by atoms with Gasteiger partial charge in [0.1, 0.15) is 11.5 Å². The Balaban J connectivity index is 1.21. The van der Waals surface area contributed by atoms with E-state index in [9.17, 15) is 23.2 Å². The van der Waals surface area contributed by atoms with Gasteiger partial charge in [0.2, 0.25) is 5.96 Å². The van der Waals surface area contributed by atoms with Crippen LogP contribution in [0.3, 0.4) is 0 Å². The smallest absolute Gasteiger partial charge is 0.415 e. The van der Waals surface area contributed by atoms with Gasteiger partial charge in [-0.05, 0) is 12.0 Å². The second kappa shape index (κ2) is 10.9. The Morgan fingerprint density at radius 1 is 1.24 bits per heavy atom. The first-order valence-electron chi connectivity index (χ1n) is 13.0. The molecular weight excluding hydrogens is 554 g/mol. The molecule has 1 saturated carbocycles. The molecule has 0 aromatic heterocycles. The molecule has 5 rings (SSSR count). The van der Waals surface area contributed by atoms with Crippen LogP contribution in [0.5, 0.6) is 0 Å². The first-order valence-corrected chi connectivity index (χ1v) is 13.0. The van der Waals surface area contributed by atoms with E-state index in [4.69, 9.17) is 10.5 Å². The summed E-state index contributed by atoms with van der Waals surface area (Å²) >= 11 is 0. The number of nitrogens with two attached hydrogens (primary N) is 1. The van der Waals surface area contributed by atoms with Gasteiger partial charge in [0.05, 0.1) is 31.4 Å². The number of rotatable bonds is 5. The molecule has 41 heavy (non-hydrogen) atoms. The maximum Gasteiger partial charge on any atom is 0.415 e. The third-order valence-electron chi connectivity index (χ3n) is 7.34. The number of urea groups is 1. The van der Waals surface area contributed by atoms with Gasteiger partial charge in [-0.15, -0.1) is 0 Å². The monoisotopic (exact) mass is 583 g/mol. The standard InChI is InChI=1S/C24H29F4N9O4/c1-2-12-10-30-21(33-19(12)29)34-22(39)37-6-5-35(4-3-31-37)17-14(25)7-13(8-15(17)26)36-11-24(41-23(36)40)9-16(24)32-20(38)18(27)28/h7-8,16,18,31H,2-6,9-11,29H2,1H3,(H,32,38)(H2,30,33,34,39). The molecule has 1 aromatic carbocycles. The van der Waals surface area contributed by atoms with E-state index in [1.165, 1.54) is 9.91 Å². The molecule has 3 fully saturated rings. The van der Waals surface area contributed by atoms with E-state index in [1.54, 1.807) is 0 Å². The van der Waals surface area contributed by atoms with Crippen molar-refractivity contribution in [1.82, 2.24) is 26.4 Å². The molecule has 0 bridgehead atoms. The van der Waals surface area contributed by atoms with Gasteiger partial charge in [0.15, 0.2) is 17.2 Å². The van der Waals surface area contributed by atoms with E-state index >= 15 is 8.78 Å². The average molecular weight is 584 g/mol. The molecule has 222 valence electrons. The Morgan fingerprint density at radius 2 is 1.98 bits per heavy atom. The van der Waals surface area contributed by atoms with Gasteiger partial charge in [0, 0.05) is 38.2 Å². The molecule has 1 aromatic rings. The largest absolute Gasteiger partial charge is 0.438 e. The number of hydrazine groups is 1. The lowest BCUT2D eigenvalue weighted by Gasteiger charge is -2.25. The Labute approximate surface area is 231 Å². The van der Waals surface area contributed by atoms with Gasteiger partial charge in [-0.25, -0.2) is 28.8 Å². The Hall–Kier alpha value is -4.28. The lowest BCUT2D eigenvalue weighted by Crippen LogP contribution is -2.54. The molecule has 0 radical (unpaired) electrons. The van der Waals surface area contributed by atoms with Gasteiger partial charge in [-0.3, -0.25) is 20.0 Å². The number of benzene rings is 1. The molecule has 6 N–H and O–H groups in total. The number of alkyl halides is 2. The van der Waals surface area contributed by atoms with Gasteiger partial charge < -0.3 is 26.0 Å². The van der Waals surface area contributed by atoms with Crippen LogP contribution in [0, 0.1) is 11.6 Å². The zero-order chi connectivity index (χ0) is 29.5. The second-order valence-corrected chi connectivity index (χ2v) is 9.98. The number of hydrogen-bond donors (Lipinski definition) is 5. The van der Waals surface area contributed by atoms with Crippen LogP contribution in [0.15, 0.2) is 28.5 Å². The topological polar surface area (TPSA) is 157 Å². The number of aliphatic imine (C=N–C) groups is 1. The van der Waals surface area contributed by atoms with Crippen molar-refractivity contribution in [1.29, 1.82) is 0 Å². The number of nitrogens with zero attached hydrogens (tertiary/aromatic N) is 4. The molecular formula is C24H29F4N9O4. The van der Waals surface area contributed by atoms with Crippen LogP contribution in [0.4, 0.5) is 38.5 Å². The van der Waals surface area contributed by atoms with Crippen LogP contribution in [0.1, 0.15) is 19.8 Å². The molecule has 17 heteroatoms. The molecule has 2 unspecified atom stereocenters. The fourth-order valence-electron chi connectivity index (χ4n) is 4.98. The van der Waals surface area contributed by atoms with Crippen LogP contribution >= 0.6 is 0 Å². The zero-order valence-electron chi connectivity index (χ0n) is 22.0. The van der Waals surface area contributed by atoms with Crippen molar-refractivity contribution in [3.8, 4) is 0 Å². The molecule has 4 amide bonds. The van der Waals surface area contributed by atoms with Crippen molar-refractivity contribution < 1.29 is 36.7 Å². The molecule has 2 saturated heterocycles. The summed E-state index contributed by atoms with van der Waals surface area (Å²) in [5.41, 5.74) is 8.07. The predicted molar refractivity (Wildman–Crippen MR) is 138 cm³/mol. The summed E-state index contributed by atoms with van der Waals surface area (Å²) in [5.74, 6) is -2.76. The van der Waals surface area contributed by atoms with Gasteiger partial charge >= 0.3 is 18.5 Å². The number of anilines is 2. The van der Waals surface area contributed by atoms with E-state index < -0.39 is 47.7 Å². The first-order chi connectivity index (χ1) is 19.5. The summed E-state index contributed by atoms with van der Waals surface area (Å²) in [6.45, 7) is 2.62. The first kappa shape index (κ1) is 28.3. The SMILES string of the molecule is CCC1=C(N)NC(NC(=O)N2CCN(c3c(F)cc(N4CC5(CC5NC(=O)C(F)F)OC4=O)cc3F)CCN2)=NC1. The van der Waals surface area contributed by atoms with E-state index in [2.05, 4.69) is 26.4 Å². The molecule has 1 spiro atoms. The van der Waals surface area contributed by atoms with Crippen LogP contribution < -0.4 is 36.9 Å². The van der Waals surface area contributed by atoms with Crippen LogP contribution in [-0.2, 0) is 9.53 Å². The summed E-state index contributed by atoms with van der Waals surface area (Å²) < 4.78 is 60.9. The number of amides is 4. The van der Waals surface area contributed by atoms with E-state index in [1.807, 2.05) is 6.92 Å². The van der Waals surface area contributed by atoms with E-state index in [0.717, 1.165) is 22.6 Å². The second-order valence-electron chi connectivity index (χ2n) is 9.98. The molecule has 4 aliphatic rings. The highest BCUT2D eigenvalue weighted by Gasteiger charge is 2.64. The zero-order valence-corrected chi connectivity index (χ0v) is 22.0. The number of nitrogens with one attached hydrogen (secondary N) is 4. The number of carbonyl (C=O) groups excluding carboxylic acids is 3. The van der Waals surface area contributed by atoms with Crippen molar-refractivity contribution in [3.63, 3.8) is 0 Å². The number of carbonyl (C=O) groups is 3. The minimum atomic E-state index is -3.22. The van der Waals surface area contributed by atoms with E-state index in [-0.39, 0.29) is 56.5 Å². The molecule has 2 atom stereocenters. The van der Waals surface area contributed by atoms with Crippen LogP contribution in [-0.4, -0.2) is 86.3 Å². The maximum absolute atomic E-state index is 15.3. The summed E-state index contributed by atoms with van der Waals surface area (Å²) in [5, 5.41) is 8.81.